The number of halogens is 1. The smallest absolute Gasteiger partial charge is 0.123 e. The predicted molar refractivity (Wildman–Crippen MR) is 79.0 cm³/mol. The largest absolute Gasteiger partial charge is 0.306 e. The quantitative estimate of drug-likeness (QED) is 0.904. The molecule has 0 amide bonds. The van der Waals surface area contributed by atoms with Crippen molar-refractivity contribution in [2.45, 2.75) is 39.3 Å². The molecule has 4 heteroatoms. The average Bonchev–Trinajstić information content (AvgIpc) is 2.77. The number of rotatable bonds is 5. The SMILES string of the molecule is CC(C)c1nn(C)cc1CNC(C)c1cccc(F)c1. The first kappa shape index (κ1) is 14.7. The molecule has 0 aliphatic carbocycles. The summed E-state index contributed by atoms with van der Waals surface area (Å²) in [4.78, 5) is 0. The van der Waals surface area contributed by atoms with Crippen LogP contribution >= 0.6 is 0 Å². The van der Waals surface area contributed by atoms with Crippen molar-refractivity contribution in [1.29, 1.82) is 0 Å². The second kappa shape index (κ2) is 6.18. The van der Waals surface area contributed by atoms with E-state index in [0.717, 1.165) is 17.8 Å². The Bertz CT molecular complexity index is 575. The molecule has 0 fully saturated rings. The Hall–Kier alpha value is -1.68. The Morgan fingerprint density at radius 3 is 2.70 bits per heavy atom. The fourth-order valence-corrected chi connectivity index (χ4v) is 2.33. The molecule has 1 atom stereocenters. The van der Waals surface area contributed by atoms with E-state index < -0.39 is 0 Å². The molecule has 1 heterocycles. The molecule has 1 aromatic heterocycles. The Morgan fingerprint density at radius 2 is 2.05 bits per heavy atom. The first-order chi connectivity index (χ1) is 9.47. The molecule has 0 saturated heterocycles. The Balaban J connectivity index is 2.05. The van der Waals surface area contributed by atoms with Crippen LogP contribution in [0.2, 0.25) is 0 Å². The Morgan fingerprint density at radius 1 is 1.30 bits per heavy atom. The summed E-state index contributed by atoms with van der Waals surface area (Å²) in [5, 5.41) is 7.92. The lowest BCUT2D eigenvalue weighted by molar-refractivity contribution is 0.561. The van der Waals surface area contributed by atoms with Gasteiger partial charge in [0.2, 0.25) is 0 Å². The monoisotopic (exact) mass is 275 g/mol. The third-order valence-corrected chi connectivity index (χ3v) is 3.43. The zero-order chi connectivity index (χ0) is 14.7. The highest BCUT2D eigenvalue weighted by atomic mass is 19.1. The van der Waals surface area contributed by atoms with E-state index in [1.54, 1.807) is 12.1 Å². The molecular formula is C16H22FN3. The van der Waals surface area contributed by atoms with Crippen LogP contribution in [-0.4, -0.2) is 9.78 Å². The molecule has 2 rings (SSSR count). The van der Waals surface area contributed by atoms with E-state index in [-0.39, 0.29) is 11.9 Å². The van der Waals surface area contributed by atoms with Crippen molar-refractivity contribution in [1.82, 2.24) is 15.1 Å². The summed E-state index contributed by atoms with van der Waals surface area (Å²) in [5.74, 6) is 0.206. The molecule has 108 valence electrons. The van der Waals surface area contributed by atoms with Gasteiger partial charge in [-0.1, -0.05) is 26.0 Å². The second-order valence-electron chi connectivity index (χ2n) is 5.53. The van der Waals surface area contributed by atoms with E-state index in [9.17, 15) is 4.39 Å². The van der Waals surface area contributed by atoms with Crippen LogP contribution < -0.4 is 5.32 Å². The number of benzene rings is 1. The molecule has 20 heavy (non-hydrogen) atoms. The van der Waals surface area contributed by atoms with Gasteiger partial charge in [-0.05, 0) is 30.5 Å². The number of nitrogens with one attached hydrogen (secondary N) is 1. The van der Waals surface area contributed by atoms with Crippen LogP contribution in [0.3, 0.4) is 0 Å². The van der Waals surface area contributed by atoms with Gasteiger partial charge in [0.05, 0.1) is 5.69 Å². The minimum absolute atomic E-state index is 0.103. The van der Waals surface area contributed by atoms with E-state index in [1.165, 1.54) is 11.6 Å². The second-order valence-corrected chi connectivity index (χ2v) is 5.53. The normalized spacial score (nSPS) is 12.9. The van der Waals surface area contributed by atoms with E-state index in [0.29, 0.717) is 5.92 Å². The standard InChI is InChI=1S/C16H22FN3/c1-11(2)16-14(10-20(4)19-16)9-18-12(3)13-6-5-7-15(17)8-13/h5-8,10-12,18H,9H2,1-4H3. The van der Waals surface area contributed by atoms with Crippen molar-refractivity contribution >= 4 is 0 Å². The van der Waals surface area contributed by atoms with Gasteiger partial charge in [-0.3, -0.25) is 4.68 Å². The van der Waals surface area contributed by atoms with Crippen molar-refractivity contribution in [2.24, 2.45) is 7.05 Å². The topological polar surface area (TPSA) is 29.9 Å². The molecule has 3 nitrogen and oxygen atoms in total. The maximum atomic E-state index is 13.2. The maximum absolute atomic E-state index is 13.2. The van der Waals surface area contributed by atoms with Gasteiger partial charge in [0.25, 0.3) is 0 Å². The zero-order valence-electron chi connectivity index (χ0n) is 12.5. The average molecular weight is 275 g/mol. The molecule has 1 N–H and O–H groups in total. The third-order valence-electron chi connectivity index (χ3n) is 3.43. The van der Waals surface area contributed by atoms with E-state index in [2.05, 4.69) is 24.3 Å². The summed E-state index contributed by atoms with van der Waals surface area (Å²) in [6.45, 7) is 7.06. The minimum atomic E-state index is -0.194. The van der Waals surface area contributed by atoms with Crippen LogP contribution in [0, 0.1) is 5.82 Å². The van der Waals surface area contributed by atoms with Gasteiger partial charge in [0.15, 0.2) is 0 Å². The van der Waals surface area contributed by atoms with Crippen LogP contribution in [0.15, 0.2) is 30.5 Å². The minimum Gasteiger partial charge on any atom is -0.306 e. The summed E-state index contributed by atoms with van der Waals surface area (Å²) >= 11 is 0. The zero-order valence-corrected chi connectivity index (χ0v) is 12.5. The molecule has 2 aromatic rings. The van der Waals surface area contributed by atoms with E-state index >= 15 is 0 Å². The van der Waals surface area contributed by atoms with Gasteiger partial charge < -0.3 is 5.32 Å². The lowest BCUT2D eigenvalue weighted by atomic mass is 10.1. The summed E-state index contributed by atoms with van der Waals surface area (Å²) in [7, 11) is 1.94. The van der Waals surface area contributed by atoms with Crippen LogP contribution in [0.25, 0.3) is 0 Å². The summed E-state index contributed by atoms with van der Waals surface area (Å²) in [6, 6.07) is 6.82. The molecule has 0 radical (unpaired) electrons. The first-order valence-corrected chi connectivity index (χ1v) is 6.98. The fourth-order valence-electron chi connectivity index (χ4n) is 2.33. The molecule has 0 aliphatic heterocycles. The third kappa shape index (κ3) is 3.45. The highest BCUT2D eigenvalue weighted by Crippen LogP contribution is 2.19. The highest BCUT2D eigenvalue weighted by molar-refractivity contribution is 5.22. The van der Waals surface area contributed by atoms with Crippen molar-refractivity contribution in [3.8, 4) is 0 Å². The first-order valence-electron chi connectivity index (χ1n) is 6.98. The lowest BCUT2D eigenvalue weighted by Gasteiger charge is -2.14. The van der Waals surface area contributed by atoms with E-state index in [4.69, 9.17) is 0 Å². The van der Waals surface area contributed by atoms with Gasteiger partial charge in [0, 0.05) is 31.4 Å². The number of hydrogen-bond acceptors (Lipinski definition) is 2. The van der Waals surface area contributed by atoms with Gasteiger partial charge >= 0.3 is 0 Å². The summed E-state index contributed by atoms with van der Waals surface area (Å²) in [6.07, 6.45) is 2.04. The van der Waals surface area contributed by atoms with Crippen molar-refractivity contribution in [3.05, 3.63) is 53.1 Å². The number of hydrogen-bond donors (Lipinski definition) is 1. The number of nitrogens with zero attached hydrogens (tertiary/aromatic N) is 2. The molecule has 1 unspecified atom stereocenters. The number of aromatic nitrogens is 2. The molecule has 0 aliphatic rings. The molecular weight excluding hydrogens is 253 g/mol. The van der Waals surface area contributed by atoms with Crippen LogP contribution in [0.4, 0.5) is 4.39 Å². The van der Waals surface area contributed by atoms with Gasteiger partial charge in [0.1, 0.15) is 5.82 Å². The van der Waals surface area contributed by atoms with E-state index in [1.807, 2.05) is 30.9 Å². The van der Waals surface area contributed by atoms with Gasteiger partial charge in [-0.15, -0.1) is 0 Å². The van der Waals surface area contributed by atoms with Crippen LogP contribution in [0.1, 0.15) is 49.6 Å². The Kier molecular flexibility index (Phi) is 4.55. The maximum Gasteiger partial charge on any atom is 0.123 e. The van der Waals surface area contributed by atoms with Crippen LogP contribution in [0.5, 0.6) is 0 Å². The van der Waals surface area contributed by atoms with Crippen LogP contribution in [-0.2, 0) is 13.6 Å². The van der Waals surface area contributed by atoms with Crippen molar-refractivity contribution in [2.75, 3.05) is 0 Å². The summed E-state index contributed by atoms with van der Waals surface area (Å²) < 4.78 is 15.1. The van der Waals surface area contributed by atoms with Gasteiger partial charge in [-0.2, -0.15) is 5.10 Å². The molecule has 1 aromatic carbocycles. The summed E-state index contributed by atoms with van der Waals surface area (Å²) in [5.41, 5.74) is 3.28. The van der Waals surface area contributed by atoms with Crippen molar-refractivity contribution in [3.63, 3.8) is 0 Å². The van der Waals surface area contributed by atoms with Crippen molar-refractivity contribution < 1.29 is 4.39 Å². The predicted octanol–water partition coefficient (Wildman–Crippen LogP) is 3.53. The Labute approximate surface area is 119 Å². The fraction of sp³-hybridized carbons (Fsp3) is 0.438. The van der Waals surface area contributed by atoms with Gasteiger partial charge in [-0.25, -0.2) is 4.39 Å². The molecule has 0 spiro atoms. The molecule has 0 saturated carbocycles. The highest BCUT2D eigenvalue weighted by Gasteiger charge is 2.13. The number of aryl methyl sites for hydroxylation is 1. The molecule has 0 bridgehead atoms. The lowest BCUT2D eigenvalue weighted by Crippen LogP contribution is -2.18.